The van der Waals surface area contributed by atoms with E-state index in [9.17, 15) is 13.2 Å². The Balaban J connectivity index is 1.57. The molecule has 0 saturated heterocycles. The van der Waals surface area contributed by atoms with Crippen LogP contribution in [0.3, 0.4) is 0 Å². The largest absolute Gasteiger partial charge is 0.487 e. The quantitative estimate of drug-likeness (QED) is 0.395. The lowest BCUT2D eigenvalue weighted by atomic mass is 10.2. The SMILES string of the molecule is CSCCC(NS(=O)(=O)c1ccc(C)cc1)C(=O)NCc1ccc(OCc2ccccn2)cc1. The monoisotopic (exact) mass is 499 g/mol. The fraction of sp³-hybridized carbons (Fsp3) is 0.280. The highest BCUT2D eigenvalue weighted by atomic mass is 32.2. The summed E-state index contributed by atoms with van der Waals surface area (Å²) in [6.45, 7) is 2.54. The number of nitrogens with one attached hydrogen (secondary N) is 2. The number of carbonyl (C=O) groups excluding carboxylic acids is 1. The first-order valence-electron chi connectivity index (χ1n) is 10.8. The van der Waals surface area contributed by atoms with Gasteiger partial charge in [0.05, 0.1) is 10.6 Å². The Morgan fingerprint density at radius 3 is 2.44 bits per heavy atom. The number of benzene rings is 2. The molecule has 0 saturated carbocycles. The minimum absolute atomic E-state index is 0.140. The first-order chi connectivity index (χ1) is 16.4. The standard InChI is InChI=1S/C25H29N3O4S2/c1-19-6-12-23(13-7-19)34(30,31)28-24(14-16-33-2)25(29)27-17-20-8-10-22(11-9-20)32-18-21-5-3-4-15-26-21/h3-13,15,24,28H,14,16-18H2,1-2H3,(H,27,29). The summed E-state index contributed by atoms with van der Waals surface area (Å²) in [6.07, 6.45) is 4.02. The van der Waals surface area contributed by atoms with Crippen molar-refractivity contribution in [3.05, 3.63) is 89.7 Å². The maximum atomic E-state index is 12.8. The molecule has 0 bridgehead atoms. The van der Waals surface area contributed by atoms with Crippen LogP contribution in [0.2, 0.25) is 0 Å². The highest BCUT2D eigenvalue weighted by Crippen LogP contribution is 2.15. The first kappa shape index (κ1) is 25.7. The van der Waals surface area contributed by atoms with E-state index in [1.165, 1.54) is 0 Å². The molecular formula is C25H29N3O4S2. The predicted molar refractivity (Wildman–Crippen MR) is 135 cm³/mol. The zero-order valence-electron chi connectivity index (χ0n) is 19.2. The Morgan fingerprint density at radius 1 is 1.06 bits per heavy atom. The van der Waals surface area contributed by atoms with E-state index in [1.54, 1.807) is 42.2 Å². The van der Waals surface area contributed by atoms with Crippen LogP contribution in [-0.4, -0.2) is 37.4 Å². The minimum Gasteiger partial charge on any atom is -0.487 e. The predicted octanol–water partition coefficient (Wildman–Crippen LogP) is 3.69. The van der Waals surface area contributed by atoms with E-state index < -0.39 is 16.1 Å². The van der Waals surface area contributed by atoms with Gasteiger partial charge in [0.15, 0.2) is 0 Å². The summed E-state index contributed by atoms with van der Waals surface area (Å²) in [5.74, 6) is 0.987. The van der Waals surface area contributed by atoms with Crippen LogP contribution in [0.4, 0.5) is 0 Å². The minimum atomic E-state index is -3.81. The number of pyridine rings is 1. The van der Waals surface area contributed by atoms with Crippen molar-refractivity contribution in [1.29, 1.82) is 0 Å². The maximum absolute atomic E-state index is 12.8. The van der Waals surface area contributed by atoms with Gasteiger partial charge in [-0.05, 0) is 67.3 Å². The van der Waals surface area contributed by atoms with Crippen LogP contribution >= 0.6 is 11.8 Å². The van der Waals surface area contributed by atoms with Gasteiger partial charge in [-0.3, -0.25) is 9.78 Å². The Labute approximate surface area is 205 Å². The van der Waals surface area contributed by atoms with Crippen LogP contribution in [0, 0.1) is 6.92 Å². The molecule has 2 N–H and O–H groups in total. The summed E-state index contributed by atoms with van der Waals surface area (Å²) in [5.41, 5.74) is 2.68. The molecule has 2 aromatic carbocycles. The molecule has 0 radical (unpaired) electrons. The van der Waals surface area contributed by atoms with E-state index in [1.807, 2.05) is 55.6 Å². The fourth-order valence-corrected chi connectivity index (χ4v) is 4.81. The Hall–Kier alpha value is -2.88. The van der Waals surface area contributed by atoms with Crippen LogP contribution < -0.4 is 14.8 Å². The lowest BCUT2D eigenvalue weighted by molar-refractivity contribution is -0.122. The highest BCUT2D eigenvalue weighted by molar-refractivity contribution is 7.98. The molecule has 1 amide bonds. The molecule has 180 valence electrons. The van der Waals surface area contributed by atoms with Crippen LogP contribution in [0.25, 0.3) is 0 Å². The number of carbonyl (C=O) groups is 1. The second-order valence-electron chi connectivity index (χ2n) is 7.74. The summed E-state index contributed by atoms with van der Waals surface area (Å²) in [6, 6.07) is 18.7. The van der Waals surface area contributed by atoms with Crippen molar-refractivity contribution in [2.75, 3.05) is 12.0 Å². The van der Waals surface area contributed by atoms with Gasteiger partial charge in [0.25, 0.3) is 0 Å². The summed E-state index contributed by atoms with van der Waals surface area (Å²) >= 11 is 1.56. The Morgan fingerprint density at radius 2 is 1.79 bits per heavy atom. The Bertz CT molecular complexity index is 1150. The summed E-state index contributed by atoms with van der Waals surface area (Å²) in [5, 5.41) is 2.84. The maximum Gasteiger partial charge on any atom is 0.241 e. The third kappa shape index (κ3) is 7.86. The van der Waals surface area contributed by atoms with E-state index in [4.69, 9.17) is 4.74 Å². The van der Waals surface area contributed by atoms with Gasteiger partial charge < -0.3 is 10.1 Å². The molecule has 1 unspecified atom stereocenters. The molecule has 9 heteroatoms. The summed E-state index contributed by atoms with van der Waals surface area (Å²) in [4.78, 5) is 17.2. The topological polar surface area (TPSA) is 97.4 Å². The van der Waals surface area contributed by atoms with Crippen molar-refractivity contribution in [1.82, 2.24) is 15.0 Å². The molecule has 0 fully saturated rings. The van der Waals surface area contributed by atoms with Crippen molar-refractivity contribution < 1.29 is 17.9 Å². The van der Waals surface area contributed by atoms with Crippen LogP contribution in [-0.2, 0) is 28.0 Å². The van der Waals surface area contributed by atoms with Gasteiger partial charge in [0.1, 0.15) is 18.4 Å². The van der Waals surface area contributed by atoms with Gasteiger partial charge >= 0.3 is 0 Å². The van der Waals surface area contributed by atoms with E-state index in [0.717, 1.165) is 16.8 Å². The Kier molecular flexibility index (Phi) is 9.50. The molecular weight excluding hydrogens is 470 g/mol. The van der Waals surface area contributed by atoms with Crippen LogP contribution in [0.15, 0.2) is 77.8 Å². The van der Waals surface area contributed by atoms with Crippen molar-refractivity contribution in [3.8, 4) is 5.75 Å². The smallest absolute Gasteiger partial charge is 0.241 e. The van der Waals surface area contributed by atoms with E-state index >= 15 is 0 Å². The number of sulfonamides is 1. The van der Waals surface area contributed by atoms with Gasteiger partial charge in [0, 0.05) is 12.7 Å². The molecule has 3 aromatic rings. The zero-order chi connectivity index (χ0) is 24.4. The first-order valence-corrected chi connectivity index (χ1v) is 13.7. The number of rotatable bonds is 12. The van der Waals surface area contributed by atoms with Crippen molar-refractivity contribution in [2.45, 2.75) is 37.4 Å². The molecule has 1 aromatic heterocycles. The normalized spacial score (nSPS) is 12.2. The number of aryl methyl sites for hydroxylation is 1. The third-order valence-electron chi connectivity index (χ3n) is 5.06. The van der Waals surface area contributed by atoms with Crippen LogP contribution in [0.5, 0.6) is 5.75 Å². The number of ether oxygens (including phenoxy) is 1. The van der Waals surface area contributed by atoms with Gasteiger partial charge in [-0.15, -0.1) is 0 Å². The summed E-state index contributed by atoms with van der Waals surface area (Å²) in [7, 11) is -3.81. The molecule has 34 heavy (non-hydrogen) atoms. The van der Waals surface area contributed by atoms with Crippen molar-refractivity contribution >= 4 is 27.7 Å². The molecule has 0 spiro atoms. The molecule has 3 rings (SSSR count). The van der Waals surface area contributed by atoms with Gasteiger partial charge in [-0.1, -0.05) is 35.9 Å². The molecule has 0 aliphatic carbocycles. The van der Waals surface area contributed by atoms with E-state index in [0.29, 0.717) is 24.5 Å². The van der Waals surface area contributed by atoms with Crippen LogP contribution in [0.1, 0.15) is 23.2 Å². The van der Waals surface area contributed by atoms with Gasteiger partial charge in [-0.2, -0.15) is 16.5 Å². The molecule has 0 aliphatic heterocycles. The lowest BCUT2D eigenvalue weighted by Crippen LogP contribution is -2.46. The number of thioether (sulfide) groups is 1. The third-order valence-corrected chi connectivity index (χ3v) is 7.19. The number of amides is 1. The second kappa shape index (κ2) is 12.5. The fourth-order valence-electron chi connectivity index (χ4n) is 3.11. The lowest BCUT2D eigenvalue weighted by Gasteiger charge is -2.18. The molecule has 1 atom stereocenters. The van der Waals surface area contributed by atoms with Crippen molar-refractivity contribution in [3.63, 3.8) is 0 Å². The van der Waals surface area contributed by atoms with Gasteiger partial charge in [0.2, 0.25) is 15.9 Å². The number of hydrogen-bond donors (Lipinski definition) is 2. The second-order valence-corrected chi connectivity index (χ2v) is 10.4. The molecule has 0 aliphatic rings. The number of hydrogen-bond acceptors (Lipinski definition) is 6. The summed E-state index contributed by atoms with van der Waals surface area (Å²) < 4.78 is 33.9. The van der Waals surface area contributed by atoms with E-state index in [2.05, 4.69) is 15.0 Å². The average molecular weight is 500 g/mol. The average Bonchev–Trinajstić information content (AvgIpc) is 2.85. The van der Waals surface area contributed by atoms with E-state index in [-0.39, 0.29) is 17.3 Å². The van der Waals surface area contributed by atoms with Crippen molar-refractivity contribution in [2.24, 2.45) is 0 Å². The van der Waals surface area contributed by atoms with Gasteiger partial charge in [-0.25, -0.2) is 8.42 Å². The molecule has 7 nitrogen and oxygen atoms in total. The highest BCUT2D eigenvalue weighted by Gasteiger charge is 2.25. The zero-order valence-corrected chi connectivity index (χ0v) is 20.9. The number of nitrogens with zero attached hydrogens (tertiary/aromatic N) is 1. The molecule has 1 heterocycles. The number of aromatic nitrogens is 1.